The van der Waals surface area contributed by atoms with Crippen LogP contribution >= 0.6 is 22.9 Å². The third-order valence-electron chi connectivity index (χ3n) is 2.57. The topological polar surface area (TPSA) is 121 Å². The number of rotatable bonds is 2. The molecule has 0 aliphatic rings. The second-order valence-electron chi connectivity index (χ2n) is 3.98. The molecule has 0 aliphatic carbocycles. The zero-order chi connectivity index (χ0) is 15.0. The van der Waals surface area contributed by atoms with E-state index in [0.717, 1.165) is 11.3 Å². The number of aromatic amines is 2. The van der Waals surface area contributed by atoms with Gasteiger partial charge in [0.05, 0.1) is 11.0 Å². The Hall–Kier alpha value is -2.52. The molecule has 2 heterocycles. The van der Waals surface area contributed by atoms with Gasteiger partial charge in [-0.1, -0.05) is 11.3 Å². The Balaban J connectivity index is 1.94. The van der Waals surface area contributed by atoms with Crippen molar-refractivity contribution in [3.8, 4) is 0 Å². The number of fused-ring (bicyclic) bond motifs is 1. The number of hydrogen-bond donors (Lipinski definition) is 3. The molecule has 0 saturated carbocycles. The van der Waals surface area contributed by atoms with Crippen molar-refractivity contribution in [3.05, 3.63) is 48.4 Å². The van der Waals surface area contributed by atoms with E-state index in [9.17, 15) is 14.4 Å². The van der Waals surface area contributed by atoms with Crippen LogP contribution in [0.25, 0.3) is 11.0 Å². The lowest BCUT2D eigenvalue weighted by atomic mass is 10.2. The number of nitrogens with zero attached hydrogens (tertiary/aromatic N) is 2. The van der Waals surface area contributed by atoms with Crippen LogP contribution in [0, 0.1) is 0 Å². The number of H-pyrrole nitrogens is 2. The van der Waals surface area contributed by atoms with Gasteiger partial charge in [0, 0.05) is 5.69 Å². The first kappa shape index (κ1) is 13.5. The molecule has 1 aromatic carbocycles. The Labute approximate surface area is 124 Å². The first-order valence-electron chi connectivity index (χ1n) is 5.59. The maximum atomic E-state index is 11.9. The molecule has 106 valence electrons. The second-order valence-corrected chi connectivity index (χ2v) is 5.54. The lowest BCUT2D eigenvalue weighted by molar-refractivity contribution is 0.102. The summed E-state index contributed by atoms with van der Waals surface area (Å²) >= 11 is 6.56. The summed E-state index contributed by atoms with van der Waals surface area (Å²) in [7, 11) is 0. The van der Waals surface area contributed by atoms with Gasteiger partial charge in [-0.15, -0.1) is 10.2 Å². The first-order chi connectivity index (χ1) is 10.0. The van der Waals surface area contributed by atoms with Crippen molar-refractivity contribution in [3.63, 3.8) is 0 Å². The van der Waals surface area contributed by atoms with Crippen LogP contribution in [0.3, 0.4) is 0 Å². The Morgan fingerprint density at radius 3 is 2.52 bits per heavy atom. The fourth-order valence-electron chi connectivity index (χ4n) is 1.67. The molecule has 0 unspecified atom stereocenters. The number of aromatic nitrogens is 4. The molecule has 2 aromatic heterocycles. The molecule has 8 nitrogen and oxygen atoms in total. The van der Waals surface area contributed by atoms with Gasteiger partial charge in [-0.2, -0.15) is 0 Å². The summed E-state index contributed by atoms with van der Waals surface area (Å²) in [6.45, 7) is 0. The van der Waals surface area contributed by atoms with E-state index in [1.165, 1.54) is 6.07 Å². The molecule has 0 aliphatic heterocycles. The Bertz CT molecular complexity index is 960. The van der Waals surface area contributed by atoms with Crippen molar-refractivity contribution in [2.45, 2.75) is 0 Å². The molecule has 3 rings (SSSR count). The lowest BCUT2D eigenvalue weighted by Gasteiger charge is -2.04. The zero-order valence-electron chi connectivity index (χ0n) is 10.1. The van der Waals surface area contributed by atoms with Crippen molar-refractivity contribution < 1.29 is 4.79 Å². The molecule has 3 aromatic rings. The van der Waals surface area contributed by atoms with Gasteiger partial charge in [0.15, 0.2) is 0 Å². The van der Waals surface area contributed by atoms with E-state index in [1.807, 2.05) is 0 Å². The minimum atomic E-state index is -0.762. The minimum Gasteiger partial charge on any atom is -0.320 e. The average molecular weight is 324 g/mol. The largest absolute Gasteiger partial charge is 0.320 e. The molecular formula is C11H6ClN5O3S. The fraction of sp³-hybridized carbons (Fsp3) is 0. The quantitative estimate of drug-likeness (QED) is 0.607. The van der Waals surface area contributed by atoms with Crippen LogP contribution in [-0.4, -0.2) is 26.1 Å². The number of amides is 1. The van der Waals surface area contributed by atoms with Crippen molar-refractivity contribution in [2.75, 3.05) is 5.32 Å². The summed E-state index contributed by atoms with van der Waals surface area (Å²) in [4.78, 5) is 39.2. The van der Waals surface area contributed by atoms with Crippen LogP contribution in [0.5, 0.6) is 0 Å². The van der Waals surface area contributed by atoms with Gasteiger partial charge in [-0.3, -0.25) is 14.4 Å². The highest BCUT2D eigenvalue weighted by Crippen LogP contribution is 2.18. The minimum absolute atomic E-state index is 0.120. The maximum absolute atomic E-state index is 11.9. The summed E-state index contributed by atoms with van der Waals surface area (Å²) in [5, 5.41) is 9.87. The smallest absolute Gasteiger partial charge is 0.314 e. The number of benzene rings is 1. The van der Waals surface area contributed by atoms with Gasteiger partial charge in [-0.05, 0) is 29.8 Å². The van der Waals surface area contributed by atoms with E-state index in [-0.39, 0.29) is 9.47 Å². The average Bonchev–Trinajstić information content (AvgIpc) is 2.87. The number of carbonyl (C=O) groups excluding carboxylic acids is 1. The summed E-state index contributed by atoms with van der Waals surface area (Å²) in [5.74, 6) is -0.467. The van der Waals surface area contributed by atoms with E-state index in [1.54, 1.807) is 12.1 Å². The highest BCUT2D eigenvalue weighted by Gasteiger charge is 2.12. The maximum Gasteiger partial charge on any atom is 0.314 e. The van der Waals surface area contributed by atoms with Crippen molar-refractivity contribution in [1.82, 2.24) is 20.2 Å². The Morgan fingerprint density at radius 1 is 1.14 bits per heavy atom. The normalized spacial score (nSPS) is 10.7. The van der Waals surface area contributed by atoms with Crippen LogP contribution in [0.4, 0.5) is 5.69 Å². The molecule has 0 saturated heterocycles. The van der Waals surface area contributed by atoms with Gasteiger partial charge in [0.25, 0.3) is 5.91 Å². The third kappa shape index (κ3) is 2.69. The van der Waals surface area contributed by atoms with Crippen LogP contribution in [0.2, 0.25) is 4.47 Å². The summed E-state index contributed by atoms with van der Waals surface area (Å²) < 4.78 is 0.167. The van der Waals surface area contributed by atoms with Crippen LogP contribution in [-0.2, 0) is 0 Å². The standard InChI is InChI=1S/C11H6ClN5O3S/c12-11-17-16-10(21-11)9(20)13-4-1-2-5-6(3-4)15-8(19)7(18)14-5/h1-3H,(H,13,20)(H,14,18)(H,15,19). The van der Waals surface area contributed by atoms with E-state index < -0.39 is 17.0 Å². The zero-order valence-corrected chi connectivity index (χ0v) is 11.7. The van der Waals surface area contributed by atoms with E-state index in [0.29, 0.717) is 16.7 Å². The molecular weight excluding hydrogens is 318 g/mol. The first-order valence-corrected chi connectivity index (χ1v) is 6.79. The van der Waals surface area contributed by atoms with Gasteiger partial charge < -0.3 is 15.3 Å². The number of anilines is 1. The molecule has 0 atom stereocenters. The van der Waals surface area contributed by atoms with Gasteiger partial charge in [-0.25, -0.2) is 0 Å². The number of hydrogen-bond acceptors (Lipinski definition) is 6. The number of carbonyl (C=O) groups is 1. The molecule has 10 heteroatoms. The van der Waals surface area contributed by atoms with E-state index in [2.05, 4.69) is 25.5 Å². The molecule has 0 radical (unpaired) electrons. The van der Waals surface area contributed by atoms with Crippen LogP contribution < -0.4 is 16.4 Å². The highest BCUT2D eigenvalue weighted by atomic mass is 35.5. The molecule has 21 heavy (non-hydrogen) atoms. The fourth-order valence-corrected chi connectivity index (χ4v) is 2.40. The predicted molar refractivity (Wildman–Crippen MR) is 78.1 cm³/mol. The van der Waals surface area contributed by atoms with Crippen LogP contribution in [0.15, 0.2) is 27.8 Å². The number of halogens is 1. The number of nitrogens with one attached hydrogen (secondary N) is 3. The summed E-state index contributed by atoms with van der Waals surface area (Å²) in [6, 6.07) is 4.67. The van der Waals surface area contributed by atoms with Crippen molar-refractivity contribution in [2.24, 2.45) is 0 Å². The van der Waals surface area contributed by atoms with Gasteiger partial charge in [0.1, 0.15) is 0 Å². The molecule has 0 spiro atoms. The van der Waals surface area contributed by atoms with Crippen molar-refractivity contribution >= 4 is 45.6 Å². The third-order valence-corrected chi connectivity index (χ3v) is 3.59. The predicted octanol–water partition coefficient (Wildman–Crippen LogP) is 0.974. The molecule has 0 fully saturated rings. The molecule has 1 amide bonds. The monoisotopic (exact) mass is 323 g/mol. The molecule has 0 bridgehead atoms. The van der Waals surface area contributed by atoms with Crippen LogP contribution in [0.1, 0.15) is 9.80 Å². The van der Waals surface area contributed by atoms with E-state index in [4.69, 9.17) is 11.6 Å². The van der Waals surface area contributed by atoms with Gasteiger partial charge in [0.2, 0.25) is 9.47 Å². The highest BCUT2D eigenvalue weighted by molar-refractivity contribution is 7.17. The second kappa shape index (κ2) is 5.11. The lowest BCUT2D eigenvalue weighted by Crippen LogP contribution is -2.28. The Morgan fingerprint density at radius 2 is 1.86 bits per heavy atom. The Kier molecular flexibility index (Phi) is 3.28. The van der Waals surface area contributed by atoms with Gasteiger partial charge >= 0.3 is 11.1 Å². The van der Waals surface area contributed by atoms with E-state index >= 15 is 0 Å². The SMILES string of the molecule is O=C(Nc1ccc2[nH]c(=O)c(=O)[nH]c2c1)c1nnc(Cl)s1. The summed E-state index contributed by atoms with van der Waals surface area (Å²) in [5.41, 5.74) is -0.213. The summed E-state index contributed by atoms with van der Waals surface area (Å²) in [6.07, 6.45) is 0. The van der Waals surface area contributed by atoms with Crippen molar-refractivity contribution in [1.29, 1.82) is 0 Å². The molecule has 3 N–H and O–H groups in total.